The highest BCUT2D eigenvalue weighted by atomic mass is 32.2. The summed E-state index contributed by atoms with van der Waals surface area (Å²) in [6.07, 6.45) is 0.769. The molecule has 0 heterocycles. The van der Waals surface area contributed by atoms with Crippen molar-refractivity contribution in [2.24, 2.45) is 0 Å². The minimum Gasteiger partial charge on any atom is -0.369 e. The standard InChI is InChI=1S/C16H12O10S3/c17-16(29(24,25)26)6-5-8-1-2-9-12(27(18,19)20)7-13(28(21,22)23)10-3-4-11(16)14(8)15(9)10/h1-5,7,17H,6H2,(H,18,19,20)(H,21,22,23)(H,24,25,26). The maximum Gasteiger partial charge on any atom is 0.299 e. The van der Waals surface area contributed by atoms with E-state index in [9.17, 15) is 44.0 Å². The molecule has 0 saturated carbocycles. The summed E-state index contributed by atoms with van der Waals surface area (Å²) in [6, 6.07) is 5.41. The second-order valence-corrected chi connectivity index (χ2v) is 11.0. The lowest BCUT2D eigenvalue weighted by Gasteiger charge is -2.29. The second-order valence-electron chi connectivity index (χ2n) is 6.60. The van der Waals surface area contributed by atoms with Crippen LogP contribution in [0.2, 0.25) is 0 Å². The van der Waals surface area contributed by atoms with Crippen molar-refractivity contribution in [2.45, 2.75) is 21.1 Å². The van der Waals surface area contributed by atoms with Crippen molar-refractivity contribution in [2.75, 3.05) is 0 Å². The van der Waals surface area contributed by atoms with E-state index in [2.05, 4.69) is 0 Å². The maximum atomic E-state index is 11.9. The van der Waals surface area contributed by atoms with Crippen LogP contribution in [-0.4, -0.2) is 44.0 Å². The van der Waals surface area contributed by atoms with E-state index >= 15 is 0 Å². The molecule has 1 atom stereocenters. The summed E-state index contributed by atoms with van der Waals surface area (Å²) in [4.78, 5) is -4.42. The van der Waals surface area contributed by atoms with Gasteiger partial charge in [0.15, 0.2) is 0 Å². The van der Waals surface area contributed by atoms with Crippen molar-refractivity contribution in [3.05, 3.63) is 41.1 Å². The highest BCUT2D eigenvalue weighted by Gasteiger charge is 2.45. The van der Waals surface area contributed by atoms with Gasteiger partial charge >= 0.3 is 0 Å². The molecule has 0 aromatic heterocycles. The monoisotopic (exact) mass is 460 g/mol. The minimum absolute atomic E-state index is 0.0400. The fraction of sp³-hybridized carbons (Fsp3) is 0.125. The van der Waals surface area contributed by atoms with E-state index in [1.807, 2.05) is 0 Å². The van der Waals surface area contributed by atoms with Crippen LogP contribution in [0.4, 0.5) is 0 Å². The van der Waals surface area contributed by atoms with Crippen molar-refractivity contribution in [3.8, 4) is 0 Å². The Balaban J connectivity index is 2.39. The number of benzene rings is 3. The zero-order chi connectivity index (χ0) is 21.6. The van der Waals surface area contributed by atoms with Crippen LogP contribution in [0, 0.1) is 0 Å². The van der Waals surface area contributed by atoms with E-state index < -0.39 is 51.5 Å². The fourth-order valence-electron chi connectivity index (χ4n) is 3.73. The molecule has 0 saturated heterocycles. The normalized spacial score (nSPS) is 20.1. The van der Waals surface area contributed by atoms with Gasteiger partial charge in [0.1, 0.15) is 9.79 Å². The molecular weight excluding hydrogens is 448 g/mol. The van der Waals surface area contributed by atoms with E-state index in [0.717, 1.165) is 12.1 Å². The van der Waals surface area contributed by atoms with Gasteiger partial charge in [-0.2, -0.15) is 25.3 Å². The van der Waals surface area contributed by atoms with E-state index in [0.29, 0.717) is 11.3 Å². The first-order chi connectivity index (χ1) is 13.2. The van der Waals surface area contributed by atoms with Crippen molar-refractivity contribution in [1.29, 1.82) is 0 Å². The predicted molar refractivity (Wildman–Crippen MR) is 101 cm³/mol. The Hall–Kier alpha value is -2.13. The van der Waals surface area contributed by atoms with Crippen molar-refractivity contribution in [3.63, 3.8) is 0 Å². The molecule has 4 rings (SSSR count). The third kappa shape index (κ3) is 2.78. The Morgan fingerprint density at radius 3 is 1.76 bits per heavy atom. The highest BCUT2D eigenvalue weighted by Crippen LogP contribution is 2.42. The molecule has 3 aromatic carbocycles. The van der Waals surface area contributed by atoms with E-state index in [4.69, 9.17) is 0 Å². The summed E-state index contributed by atoms with van der Waals surface area (Å²) in [5, 5.41) is 10.5. The van der Waals surface area contributed by atoms with Crippen molar-refractivity contribution >= 4 is 58.0 Å². The van der Waals surface area contributed by atoms with Gasteiger partial charge in [-0.05, 0) is 22.1 Å². The fourth-order valence-corrected chi connectivity index (χ4v) is 5.98. The van der Waals surface area contributed by atoms with Crippen molar-refractivity contribution in [1.82, 2.24) is 0 Å². The first-order valence-corrected chi connectivity index (χ1v) is 12.2. The molecule has 13 heteroatoms. The Labute approximate surface area is 164 Å². The van der Waals surface area contributed by atoms with Gasteiger partial charge in [0.25, 0.3) is 30.4 Å². The van der Waals surface area contributed by atoms with E-state index in [1.54, 1.807) is 0 Å². The molecule has 0 bridgehead atoms. The second kappa shape index (κ2) is 5.72. The van der Waals surface area contributed by atoms with Crippen LogP contribution in [0.25, 0.3) is 27.6 Å². The smallest absolute Gasteiger partial charge is 0.299 e. The van der Waals surface area contributed by atoms with Gasteiger partial charge < -0.3 is 5.11 Å². The molecule has 4 N–H and O–H groups in total. The Morgan fingerprint density at radius 1 is 0.759 bits per heavy atom. The summed E-state index contributed by atoms with van der Waals surface area (Å²) in [6.45, 7) is 0. The highest BCUT2D eigenvalue weighted by molar-refractivity contribution is 7.87. The molecule has 0 spiro atoms. The van der Waals surface area contributed by atoms with Gasteiger partial charge in [0, 0.05) is 22.8 Å². The topological polar surface area (TPSA) is 183 Å². The summed E-state index contributed by atoms with van der Waals surface area (Å²) in [7, 11) is -15.0. The largest absolute Gasteiger partial charge is 0.369 e. The average Bonchev–Trinajstić information content (AvgIpc) is 2.57. The molecular formula is C16H12O10S3. The Bertz CT molecular complexity index is 1550. The van der Waals surface area contributed by atoms with Crippen LogP contribution in [0.3, 0.4) is 0 Å². The van der Waals surface area contributed by atoms with E-state index in [-0.39, 0.29) is 27.1 Å². The lowest BCUT2D eigenvalue weighted by atomic mass is 9.88. The summed E-state index contributed by atoms with van der Waals surface area (Å²) < 4.78 is 99.8. The summed E-state index contributed by atoms with van der Waals surface area (Å²) >= 11 is 0. The molecule has 0 aliphatic heterocycles. The first-order valence-electron chi connectivity index (χ1n) is 7.83. The molecule has 10 nitrogen and oxygen atoms in total. The minimum atomic E-state index is -5.05. The molecule has 0 fully saturated rings. The van der Waals surface area contributed by atoms with Crippen molar-refractivity contribution < 1.29 is 44.0 Å². The van der Waals surface area contributed by atoms with Crippen LogP contribution >= 0.6 is 0 Å². The lowest BCUT2D eigenvalue weighted by Crippen LogP contribution is -2.38. The molecule has 154 valence electrons. The molecule has 3 aromatic rings. The van der Waals surface area contributed by atoms with Crippen LogP contribution in [0.1, 0.15) is 12.0 Å². The number of hydrogen-bond acceptors (Lipinski definition) is 7. The van der Waals surface area contributed by atoms with Gasteiger partial charge in [-0.1, -0.05) is 30.3 Å². The van der Waals surface area contributed by atoms with Gasteiger partial charge in [-0.3, -0.25) is 13.7 Å². The molecule has 29 heavy (non-hydrogen) atoms. The quantitative estimate of drug-likeness (QED) is 0.400. The molecule has 0 amide bonds. The van der Waals surface area contributed by atoms with Crippen LogP contribution in [0.5, 0.6) is 0 Å². The Morgan fingerprint density at radius 2 is 1.28 bits per heavy atom. The SMILES string of the molecule is O=S(=O)(O)c1cc(S(=O)(=O)O)c2ccc3c4c(ccc1c24)C(O)(S(=O)(=O)O)CC=3. The van der Waals surface area contributed by atoms with Gasteiger partial charge in [0.2, 0.25) is 4.93 Å². The van der Waals surface area contributed by atoms with Crippen LogP contribution < -0.4 is 5.22 Å². The predicted octanol–water partition coefficient (Wildman–Crippen LogP) is 0.422. The third-order valence-electron chi connectivity index (χ3n) is 4.99. The zero-order valence-corrected chi connectivity index (χ0v) is 16.6. The van der Waals surface area contributed by atoms with Gasteiger partial charge in [-0.25, -0.2) is 0 Å². The Kier molecular flexibility index (Phi) is 3.98. The average molecular weight is 460 g/mol. The van der Waals surface area contributed by atoms with E-state index in [1.165, 1.54) is 18.2 Å². The third-order valence-corrected chi connectivity index (χ3v) is 8.02. The number of rotatable bonds is 3. The van der Waals surface area contributed by atoms with Crippen LogP contribution in [0.15, 0.2) is 40.1 Å². The summed E-state index contributed by atoms with van der Waals surface area (Å²) in [5.41, 5.74) is -0.302. The number of hydrogen-bond donors (Lipinski definition) is 4. The zero-order valence-electron chi connectivity index (χ0n) is 14.1. The molecule has 1 unspecified atom stereocenters. The number of aliphatic hydroxyl groups is 1. The van der Waals surface area contributed by atoms with Gasteiger partial charge in [-0.15, -0.1) is 0 Å². The molecule has 0 radical (unpaired) electrons. The summed E-state index contributed by atoms with van der Waals surface area (Å²) in [5.74, 6) is 0. The van der Waals surface area contributed by atoms with Gasteiger partial charge in [0.05, 0.1) is 0 Å². The van der Waals surface area contributed by atoms with Crippen LogP contribution in [-0.2, 0) is 35.3 Å². The lowest BCUT2D eigenvalue weighted by molar-refractivity contribution is 0.119. The first kappa shape index (κ1) is 20.2. The maximum absolute atomic E-state index is 11.9. The molecule has 1 aliphatic rings. The molecule has 1 aliphatic carbocycles.